The van der Waals surface area contributed by atoms with Crippen LogP contribution < -0.4 is 5.32 Å². The number of nitrogens with zero attached hydrogens (tertiary/aromatic N) is 2. The Morgan fingerprint density at radius 3 is 2.50 bits per heavy atom. The molecule has 2 aromatic rings. The molecule has 2 rings (SSSR count). The van der Waals surface area contributed by atoms with Crippen LogP contribution in [0.5, 0.6) is 0 Å². The molecule has 0 fully saturated rings. The fraction of sp³-hybridized carbons (Fsp3) is 0.333. The van der Waals surface area contributed by atoms with Gasteiger partial charge in [-0.15, -0.1) is 0 Å². The van der Waals surface area contributed by atoms with Gasteiger partial charge in [0.1, 0.15) is 17.4 Å². The summed E-state index contributed by atoms with van der Waals surface area (Å²) >= 11 is 5.85. The van der Waals surface area contributed by atoms with Crippen LogP contribution in [0.1, 0.15) is 29.8 Å². The Labute approximate surface area is 156 Å². The molecular weight excluding hydrogens is 358 g/mol. The zero-order valence-corrected chi connectivity index (χ0v) is 15.3. The molecule has 7 nitrogen and oxygen atoms in total. The minimum absolute atomic E-state index is 0.0529. The van der Waals surface area contributed by atoms with E-state index < -0.39 is 18.0 Å². The Morgan fingerprint density at radius 2 is 1.85 bits per heavy atom. The van der Waals surface area contributed by atoms with Gasteiger partial charge in [0.05, 0.1) is 13.2 Å². The molecule has 0 bridgehead atoms. The number of rotatable bonds is 8. The average molecular weight is 378 g/mol. The van der Waals surface area contributed by atoms with Crippen molar-refractivity contribution in [2.75, 3.05) is 18.5 Å². The van der Waals surface area contributed by atoms with Crippen LogP contribution in [-0.4, -0.2) is 41.2 Å². The largest absolute Gasteiger partial charge is 0.464 e. The minimum atomic E-state index is -0.753. The fourth-order valence-electron chi connectivity index (χ4n) is 2.28. The van der Waals surface area contributed by atoms with Gasteiger partial charge >= 0.3 is 11.9 Å². The monoisotopic (exact) mass is 377 g/mol. The SMILES string of the molecule is CCOC(=O)c1cnc(Cl)nc1NC(Cc1ccccc1)C(=O)OCC. The highest BCUT2D eigenvalue weighted by Gasteiger charge is 2.24. The smallest absolute Gasteiger partial charge is 0.343 e. The van der Waals surface area contributed by atoms with Crippen LogP contribution in [0.3, 0.4) is 0 Å². The van der Waals surface area contributed by atoms with Gasteiger partial charge in [0.15, 0.2) is 0 Å². The molecule has 0 spiro atoms. The molecule has 138 valence electrons. The highest BCUT2D eigenvalue weighted by molar-refractivity contribution is 6.28. The zero-order chi connectivity index (χ0) is 18.9. The second-order valence-electron chi connectivity index (χ2n) is 5.26. The summed E-state index contributed by atoms with van der Waals surface area (Å²) in [6.07, 6.45) is 1.62. The van der Waals surface area contributed by atoms with E-state index in [9.17, 15) is 9.59 Å². The van der Waals surface area contributed by atoms with Crippen LogP contribution in [0, 0.1) is 0 Å². The summed E-state index contributed by atoms with van der Waals surface area (Å²) in [7, 11) is 0. The lowest BCUT2D eigenvalue weighted by atomic mass is 10.1. The van der Waals surface area contributed by atoms with Gasteiger partial charge in [0.2, 0.25) is 5.28 Å². The molecule has 0 saturated heterocycles. The van der Waals surface area contributed by atoms with E-state index in [1.54, 1.807) is 13.8 Å². The lowest BCUT2D eigenvalue weighted by Gasteiger charge is -2.19. The fourth-order valence-corrected chi connectivity index (χ4v) is 2.41. The average Bonchev–Trinajstić information content (AvgIpc) is 2.62. The van der Waals surface area contributed by atoms with Gasteiger partial charge in [-0.05, 0) is 31.0 Å². The zero-order valence-electron chi connectivity index (χ0n) is 14.6. The summed E-state index contributed by atoms with van der Waals surface area (Å²) in [5, 5.41) is 2.90. The number of carbonyl (C=O) groups is 2. The molecule has 1 heterocycles. The summed E-state index contributed by atoms with van der Waals surface area (Å²) in [5.74, 6) is -0.938. The first-order valence-corrected chi connectivity index (χ1v) is 8.59. The minimum Gasteiger partial charge on any atom is -0.464 e. The van der Waals surface area contributed by atoms with Gasteiger partial charge < -0.3 is 14.8 Å². The Kier molecular flexibility index (Phi) is 7.35. The lowest BCUT2D eigenvalue weighted by molar-refractivity contribution is -0.144. The number of halogens is 1. The molecular formula is C18H20ClN3O4. The number of benzene rings is 1. The predicted octanol–water partition coefficient (Wildman–Crippen LogP) is 2.89. The van der Waals surface area contributed by atoms with Crippen LogP contribution in [-0.2, 0) is 20.7 Å². The molecule has 0 aliphatic heterocycles. The maximum atomic E-state index is 12.4. The number of carbonyl (C=O) groups excluding carboxylic acids is 2. The number of ether oxygens (including phenoxy) is 2. The molecule has 8 heteroatoms. The van der Waals surface area contributed by atoms with E-state index in [0.29, 0.717) is 6.42 Å². The van der Waals surface area contributed by atoms with Gasteiger partial charge in [0, 0.05) is 12.6 Å². The van der Waals surface area contributed by atoms with Crippen LogP contribution in [0.15, 0.2) is 36.5 Å². The molecule has 1 aromatic carbocycles. The third kappa shape index (κ3) is 5.42. The van der Waals surface area contributed by atoms with Gasteiger partial charge in [-0.3, -0.25) is 0 Å². The first kappa shape index (κ1) is 19.7. The van der Waals surface area contributed by atoms with Crippen LogP contribution in [0.2, 0.25) is 5.28 Å². The van der Waals surface area contributed by atoms with Crippen LogP contribution in [0.4, 0.5) is 5.82 Å². The number of hydrogen-bond acceptors (Lipinski definition) is 7. The van der Waals surface area contributed by atoms with Crippen molar-refractivity contribution in [3.63, 3.8) is 0 Å². The lowest BCUT2D eigenvalue weighted by Crippen LogP contribution is -2.34. The van der Waals surface area contributed by atoms with Crippen molar-refractivity contribution in [1.82, 2.24) is 9.97 Å². The number of esters is 2. The van der Waals surface area contributed by atoms with Crippen molar-refractivity contribution >= 4 is 29.4 Å². The van der Waals surface area contributed by atoms with E-state index in [4.69, 9.17) is 21.1 Å². The van der Waals surface area contributed by atoms with Gasteiger partial charge in [-0.2, -0.15) is 4.98 Å². The Bertz CT molecular complexity index is 755. The summed E-state index contributed by atoms with van der Waals surface area (Å²) in [6, 6.07) is 8.68. The number of aromatic nitrogens is 2. The summed E-state index contributed by atoms with van der Waals surface area (Å²) in [4.78, 5) is 32.3. The molecule has 26 heavy (non-hydrogen) atoms. The Morgan fingerprint density at radius 1 is 1.15 bits per heavy atom. The topological polar surface area (TPSA) is 90.4 Å². The molecule has 0 radical (unpaired) electrons. The van der Waals surface area contributed by atoms with Crippen molar-refractivity contribution in [1.29, 1.82) is 0 Å². The highest BCUT2D eigenvalue weighted by atomic mass is 35.5. The first-order chi connectivity index (χ1) is 12.5. The quantitative estimate of drug-likeness (QED) is 0.558. The molecule has 0 saturated carbocycles. The van der Waals surface area contributed by atoms with Crippen LogP contribution in [0.25, 0.3) is 0 Å². The Hall–Kier alpha value is -2.67. The maximum Gasteiger partial charge on any atom is 0.343 e. The van der Waals surface area contributed by atoms with Crippen molar-refractivity contribution < 1.29 is 19.1 Å². The number of anilines is 1. The number of hydrogen-bond donors (Lipinski definition) is 1. The van der Waals surface area contributed by atoms with Crippen molar-refractivity contribution in [3.8, 4) is 0 Å². The summed E-state index contributed by atoms with van der Waals surface area (Å²) in [6.45, 7) is 3.86. The van der Waals surface area contributed by atoms with E-state index in [0.717, 1.165) is 5.56 Å². The second-order valence-corrected chi connectivity index (χ2v) is 5.60. The Balaban J connectivity index is 2.30. The molecule has 1 atom stereocenters. The van der Waals surface area contributed by atoms with E-state index in [1.807, 2.05) is 30.3 Å². The molecule has 1 N–H and O–H groups in total. The standard InChI is InChI=1S/C18H20ClN3O4/c1-3-25-16(23)13-11-20-18(19)22-15(13)21-14(17(24)26-4-2)10-12-8-6-5-7-9-12/h5-9,11,14H,3-4,10H2,1-2H3,(H,20,21,22). The molecule has 1 aromatic heterocycles. The maximum absolute atomic E-state index is 12.4. The van der Waals surface area contributed by atoms with E-state index in [1.165, 1.54) is 6.20 Å². The van der Waals surface area contributed by atoms with Gasteiger partial charge in [-0.1, -0.05) is 30.3 Å². The highest BCUT2D eigenvalue weighted by Crippen LogP contribution is 2.18. The van der Waals surface area contributed by atoms with Crippen molar-refractivity contribution in [3.05, 3.63) is 52.9 Å². The van der Waals surface area contributed by atoms with E-state index in [2.05, 4.69) is 15.3 Å². The van der Waals surface area contributed by atoms with Gasteiger partial charge in [0.25, 0.3) is 0 Å². The van der Waals surface area contributed by atoms with Crippen LogP contribution >= 0.6 is 11.6 Å². The second kappa shape index (κ2) is 9.72. The summed E-state index contributed by atoms with van der Waals surface area (Å²) < 4.78 is 10.1. The molecule has 0 aliphatic rings. The summed E-state index contributed by atoms with van der Waals surface area (Å²) in [5.41, 5.74) is 1.02. The molecule has 0 aliphatic carbocycles. The van der Waals surface area contributed by atoms with Gasteiger partial charge in [-0.25, -0.2) is 14.6 Å². The third-order valence-electron chi connectivity index (χ3n) is 3.42. The molecule has 0 amide bonds. The van der Waals surface area contributed by atoms with Crippen molar-refractivity contribution in [2.45, 2.75) is 26.3 Å². The van der Waals surface area contributed by atoms with E-state index in [-0.39, 0.29) is 29.9 Å². The first-order valence-electron chi connectivity index (χ1n) is 8.21. The third-order valence-corrected chi connectivity index (χ3v) is 3.60. The predicted molar refractivity (Wildman–Crippen MR) is 97.2 cm³/mol. The van der Waals surface area contributed by atoms with Crippen molar-refractivity contribution in [2.24, 2.45) is 0 Å². The number of nitrogens with one attached hydrogen (secondary N) is 1. The normalized spacial score (nSPS) is 11.5. The molecule has 1 unspecified atom stereocenters. The van der Waals surface area contributed by atoms with E-state index >= 15 is 0 Å².